The Morgan fingerprint density at radius 3 is 3.05 bits per heavy atom. The summed E-state index contributed by atoms with van der Waals surface area (Å²) in [4.78, 5) is 14.3. The molecule has 1 aliphatic rings. The second-order valence-corrected chi connectivity index (χ2v) is 7.05. The standard InChI is InChI=1S/C16H23ClN2OS/c1-19-9-4-6-13(11-19)16(20)18-8-10-21-12-14-5-2-3-7-15(14)17/h2-3,5,7,13H,4,6,8-12H2,1H3,(H,18,20). The summed E-state index contributed by atoms with van der Waals surface area (Å²) in [5.41, 5.74) is 1.16. The molecule has 1 amide bonds. The van der Waals surface area contributed by atoms with Gasteiger partial charge in [-0.2, -0.15) is 11.8 Å². The summed E-state index contributed by atoms with van der Waals surface area (Å²) in [5, 5.41) is 3.87. The van der Waals surface area contributed by atoms with Gasteiger partial charge in [0, 0.05) is 29.6 Å². The number of nitrogens with one attached hydrogen (secondary N) is 1. The Balaban J connectivity index is 1.61. The molecule has 3 nitrogen and oxygen atoms in total. The first-order valence-corrected chi connectivity index (χ1v) is 8.97. The molecular formula is C16H23ClN2OS. The average molecular weight is 327 g/mol. The van der Waals surface area contributed by atoms with Gasteiger partial charge in [0.2, 0.25) is 5.91 Å². The normalized spacial score (nSPS) is 19.4. The highest BCUT2D eigenvalue weighted by molar-refractivity contribution is 7.98. The van der Waals surface area contributed by atoms with E-state index in [0.717, 1.165) is 54.6 Å². The lowest BCUT2D eigenvalue weighted by Crippen LogP contribution is -2.41. The number of halogens is 1. The van der Waals surface area contributed by atoms with Crippen molar-refractivity contribution in [3.05, 3.63) is 34.9 Å². The fraction of sp³-hybridized carbons (Fsp3) is 0.562. The third-order valence-corrected chi connectivity index (χ3v) is 5.13. The second-order valence-electron chi connectivity index (χ2n) is 5.54. The number of hydrogen-bond acceptors (Lipinski definition) is 3. The summed E-state index contributed by atoms with van der Waals surface area (Å²) in [6, 6.07) is 7.91. The van der Waals surface area contributed by atoms with E-state index in [-0.39, 0.29) is 11.8 Å². The van der Waals surface area contributed by atoms with Crippen molar-refractivity contribution in [2.24, 2.45) is 5.92 Å². The lowest BCUT2D eigenvalue weighted by Gasteiger charge is -2.28. The number of amides is 1. The molecule has 116 valence electrons. The average Bonchev–Trinajstić information content (AvgIpc) is 2.48. The fourth-order valence-electron chi connectivity index (χ4n) is 2.57. The molecule has 1 heterocycles. The van der Waals surface area contributed by atoms with Crippen LogP contribution in [0.15, 0.2) is 24.3 Å². The number of likely N-dealkylation sites (tertiary alicyclic amines) is 1. The molecule has 0 aliphatic carbocycles. The summed E-state index contributed by atoms with van der Waals surface area (Å²) >= 11 is 7.92. The van der Waals surface area contributed by atoms with Gasteiger partial charge in [-0.15, -0.1) is 0 Å². The monoisotopic (exact) mass is 326 g/mol. The van der Waals surface area contributed by atoms with Crippen molar-refractivity contribution in [3.8, 4) is 0 Å². The minimum Gasteiger partial charge on any atom is -0.355 e. The first-order chi connectivity index (χ1) is 10.2. The number of thioether (sulfide) groups is 1. The number of nitrogens with zero attached hydrogens (tertiary/aromatic N) is 1. The van der Waals surface area contributed by atoms with Crippen molar-refractivity contribution < 1.29 is 4.79 Å². The largest absolute Gasteiger partial charge is 0.355 e. The maximum absolute atomic E-state index is 12.1. The molecule has 0 saturated carbocycles. The molecule has 1 aliphatic heterocycles. The lowest BCUT2D eigenvalue weighted by atomic mass is 9.98. The fourth-order valence-corrected chi connectivity index (χ4v) is 3.71. The van der Waals surface area contributed by atoms with Gasteiger partial charge in [-0.3, -0.25) is 4.79 Å². The molecule has 1 N–H and O–H groups in total. The van der Waals surface area contributed by atoms with Gasteiger partial charge in [-0.25, -0.2) is 0 Å². The summed E-state index contributed by atoms with van der Waals surface area (Å²) in [6.45, 7) is 2.73. The van der Waals surface area contributed by atoms with Gasteiger partial charge >= 0.3 is 0 Å². The zero-order valence-corrected chi connectivity index (χ0v) is 14.1. The van der Waals surface area contributed by atoms with Crippen LogP contribution in [0.3, 0.4) is 0 Å². The Kier molecular flexibility index (Phi) is 6.87. The molecular weight excluding hydrogens is 304 g/mol. The summed E-state index contributed by atoms with van der Waals surface area (Å²) in [7, 11) is 2.08. The molecule has 0 radical (unpaired) electrons. The van der Waals surface area contributed by atoms with Gasteiger partial charge in [0.05, 0.1) is 5.92 Å². The van der Waals surface area contributed by atoms with E-state index in [4.69, 9.17) is 11.6 Å². The van der Waals surface area contributed by atoms with Crippen LogP contribution in [-0.4, -0.2) is 43.2 Å². The SMILES string of the molecule is CN1CCCC(C(=O)NCCSCc2ccccc2Cl)C1. The summed E-state index contributed by atoms with van der Waals surface area (Å²) in [5.74, 6) is 2.18. The lowest BCUT2D eigenvalue weighted by molar-refractivity contribution is -0.126. The molecule has 5 heteroatoms. The summed E-state index contributed by atoms with van der Waals surface area (Å²) < 4.78 is 0. The number of carbonyl (C=O) groups is 1. The predicted molar refractivity (Wildman–Crippen MR) is 90.8 cm³/mol. The third kappa shape index (κ3) is 5.53. The Morgan fingerprint density at radius 1 is 1.48 bits per heavy atom. The van der Waals surface area contributed by atoms with E-state index in [2.05, 4.69) is 17.3 Å². The minimum absolute atomic E-state index is 0.164. The quantitative estimate of drug-likeness (QED) is 0.816. The predicted octanol–water partition coefficient (Wildman–Crippen LogP) is 3.03. The number of carbonyl (C=O) groups excluding carboxylic acids is 1. The molecule has 0 spiro atoms. The molecule has 21 heavy (non-hydrogen) atoms. The van der Waals surface area contributed by atoms with Crippen LogP contribution in [0.1, 0.15) is 18.4 Å². The van der Waals surface area contributed by atoms with Gasteiger partial charge in [-0.05, 0) is 38.1 Å². The van der Waals surface area contributed by atoms with Gasteiger partial charge in [0.1, 0.15) is 0 Å². The zero-order chi connectivity index (χ0) is 15.1. The third-order valence-electron chi connectivity index (χ3n) is 3.76. The topological polar surface area (TPSA) is 32.3 Å². The minimum atomic E-state index is 0.164. The van der Waals surface area contributed by atoms with Gasteiger partial charge in [-0.1, -0.05) is 29.8 Å². The number of hydrogen-bond donors (Lipinski definition) is 1. The Morgan fingerprint density at radius 2 is 2.29 bits per heavy atom. The molecule has 0 bridgehead atoms. The molecule has 1 atom stereocenters. The number of rotatable bonds is 6. The van der Waals surface area contributed by atoms with Crippen LogP contribution in [0.2, 0.25) is 5.02 Å². The Labute approximate surface area is 136 Å². The zero-order valence-electron chi connectivity index (χ0n) is 12.5. The van der Waals surface area contributed by atoms with E-state index >= 15 is 0 Å². The van der Waals surface area contributed by atoms with Crippen LogP contribution in [0.25, 0.3) is 0 Å². The summed E-state index contributed by atoms with van der Waals surface area (Å²) in [6.07, 6.45) is 2.14. The van der Waals surface area contributed by atoms with E-state index in [0.29, 0.717) is 0 Å². The number of benzene rings is 1. The maximum atomic E-state index is 12.1. The van der Waals surface area contributed by atoms with Gasteiger partial charge in [0.25, 0.3) is 0 Å². The Bertz CT molecular complexity index is 469. The van der Waals surface area contributed by atoms with Crippen LogP contribution in [0.4, 0.5) is 0 Å². The van der Waals surface area contributed by atoms with Crippen LogP contribution in [0.5, 0.6) is 0 Å². The van der Waals surface area contributed by atoms with Crippen LogP contribution in [-0.2, 0) is 10.5 Å². The molecule has 2 rings (SSSR count). The molecule has 0 aromatic heterocycles. The van der Waals surface area contributed by atoms with Crippen molar-refractivity contribution in [1.29, 1.82) is 0 Å². The van der Waals surface area contributed by atoms with Crippen molar-refractivity contribution in [1.82, 2.24) is 10.2 Å². The van der Waals surface area contributed by atoms with Gasteiger partial charge < -0.3 is 10.2 Å². The first kappa shape index (κ1) is 16.7. The van der Waals surface area contributed by atoms with E-state index in [9.17, 15) is 4.79 Å². The van der Waals surface area contributed by atoms with E-state index in [1.54, 1.807) is 11.8 Å². The van der Waals surface area contributed by atoms with Crippen molar-refractivity contribution in [2.45, 2.75) is 18.6 Å². The van der Waals surface area contributed by atoms with Crippen molar-refractivity contribution in [3.63, 3.8) is 0 Å². The molecule has 1 aromatic rings. The molecule has 1 unspecified atom stereocenters. The number of piperidine rings is 1. The van der Waals surface area contributed by atoms with E-state index in [1.807, 2.05) is 24.3 Å². The smallest absolute Gasteiger partial charge is 0.224 e. The maximum Gasteiger partial charge on any atom is 0.224 e. The first-order valence-electron chi connectivity index (χ1n) is 7.44. The van der Waals surface area contributed by atoms with E-state index in [1.165, 1.54) is 0 Å². The van der Waals surface area contributed by atoms with Gasteiger partial charge in [0.15, 0.2) is 0 Å². The van der Waals surface area contributed by atoms with Crippen molar-refractivity contribution in [2.75, 3.05) is 32.4 Å². The highest BCUT2D eigenvalue weighted by Crippen LogP contribution is 2.20. The van der Waals surface area contributed by atoms with Crippen molar-refractivity contribution >= 4 is 29.3 Å². The molecule has 1 saturated heterocycles. The molecule has 1 aromatic carbocycles. The highest BCUT2D eigenvalue weighted by atomic mass is 35.5. The molecule has 1 fully saturated rings. The van der Waals surface area contributed by atoms with E-state index < -0.39 is 0 Å². The van der Waals surface area contributed by atoms with Crippen LogP contribution >= 0.6 is 23.4 Å². The van der Waals surface area contributed by atoms with Crippen LogP contribution in [0, 0.1) is 5.92 Å². The highest BCUT2D eigenvalue weighted by Gasteiger charge is 2.23. The van der Waals surface area contributed by atoms with Crippen LogP contribution < -0.4 is 5.32 Å². The second kappa shape index (κ2) is 8.66. The Hall–Kier alpha value is -0.710.